The van der Waals surface area contributed by atoms with Crippen LogP contribution >= 0.6 is 0 Å². The number of hydrogen-bond donors (Lipinski definition) is 2. The van der Waals surface area contributed by atoms with Gasteiger partial charge in [-0.25, -0.2) is 4.98 Å². The zero-order valence-electron chi connectivity index (χ0n) is 12.3. The molecule has 3 heterocycles. The molecule has 1 aliphatic carbocycles. The highest BCUT2D eigenvalue weighted by Crippen LogP contribution is 2.39. The van der Waals surface area contributed by atoms with Crippen LogP contribution in [-0.4, -0.2) is 55.9 Å². The molecule has 4 rings (SSSR count). The van der Waals surface area contributed by atoms with Gasteiger partial charge in [0.1, 0.15) is 17.8 Å². The minimum Gasteiger partial charge on any atom is -0.380 e. The SMILES string of the molecule is CO[C@@H]1C[C@@H](c2ncn[nH]2)N(C(=O)c2cc(C3CC3)[nH]n2)C1. The van der Waals surface area contributed by atoms with Gasteiger partial charge in [0, 0.05) is 31.7 Å². The van der Waals surface area contributed by atoms with Crippen molar-refractivity contribution in [3.8, 4) is 0 Å². The fourth-order valence-electron chi connectivity index (χ4n) is 3.02. The molecule has 0 radical (unpaired) electrons. The van der Waals surface area contributed by atoms with Gasteiger partial charge in [0.25, 0.3) is 5.91 Å². The standard InChI is InChI=1S/C14H18N6O2/c1-22-9-4-12(13-15-7-16-19-13)20(6-9)14(21)11-5-10(17-18-11)8-2-3-8/h5,7-9,12H,2-4,6H2,1H3,(H,17,18)(H,15,16,19)/t9-,12+/m1/s1. The molecule has 1 aliphatic heterocycles. The number of nitrogens with one attached hydrogen (secondary N) is 2. The first kappa shape index (κ1) is 13.4. The Labute approximate surface area is 127 Å². The molecule has 2 aromatic rings. The average Bonchev–Trinajstić information content (AvgIpc) is 3.02. The summed E-state index contributed by atoms with van der Waals surface area (Å²) in [6, 6.07) is 1.72. The number of aromatic nitrogens is 5. The van der Waals surface area contributed by atoms with Crippen LogP contribution in [0.25, 0.3) is 0 Å². The molecule has 8 nitrogen and oxygen atoms in total. The number of likely N-dealkylation sites (tertiary alicyclic amines) is 1. The maximum absolute atomic E-state index is 12.8. The van der Waals surface area contributed by atoms with Gasteiger partial charge in [0.2, 0.25) is 0 Å². The Morgan fingerprint density at radius 2 is 2.27 bits per heavy atom. The molecule has 0 spiro atoms. The van der Waals surface area contributed by atoms with E-state index in [0.717, 1.165) is 5.69 Å². The van der Waals surface area contributed by atoms with Gasteiger partial charge >= 0.3 is 0 Å². The van der Waals surface area contributed by atoms with E-state index < -0.39 is 0 Å². The third-order valence-corrected chi connectivity index (χ3v) is 4.44. The van der Waals surface area contributed by atoms with E-state index >= 15 is 0 Å². The molecule has 0 unspecified atom stereocenters. The molecule has 2 fully saturated rings. The number of H-pyrrole nitrogens is 2. The zero-order valence-corrected chi connectivity index (χ0v) is 12.3. The number of ether oxygens (including phenoxy) is 1. The van der Waals surface area contributed by atoms with Crippen LogP contribution in [0.1, 0.15) is 53.2 Å². The monoisotopic (exact) mass is 302 g/mol. The van der Waals surface area contributed by atoms with Gasteiger partial charge in [-0.1, -0.05) is 0 Å². The lowest BCUT2D eigenvalue weighted by molar-refractivity contribution is 0.0678. The lowest BCUT2D eigenvalue weighted by atomic mass is 10.2. The predicted octanol–water partition coefficient (Wildman–Crippen LogP) is 1.01. The largest absolute Gasteiger partial charge is 0.380 e. The van der Waals surface area contributed by atoms with Crippen molar-refractivity contribution < 1.29 is 9.53 Å². The molecule has 1 saturated heterocycles. The van der Waals surface area contributed by atoms with Crippen LogP contribution in [0.5, 0.6) is 0 Å². The van der Waals surface area contributed by atoms with Crippen LogP contribution in [-0.2, 0) is 4.74 Å². The molecule has 2 aliphatic rings. The van der Waals surface area contributed by atoms with Crippen LogP contribution in [0.2, 0.25) is 0 Å². The van der Waals surface area contributed by atoms with E-state index in [-0.39, 0.29) is 18.1 Å². The number of amides is 1. The smallest absolute Gasteiger partial charge is 0.275 e. The lowest BCUT2D eigenvalue weighted by Gasteiger charge is -2.21. The van der Waals surface area contributed by atoms with Crippen molar-refractivity contribution in [1.29, 1.82) is 0 Å². The highest BCUT2D eigenvalue weighted by atomic mass is 16.5. The van der Waals surface area contributed by atoms with E-state index in [9.17, 15) is 4.79 Å². The minimum atomic E-state index is -0.152. The zero-order chi connectivity index (χ0) is 15.1. The first-order valence-electron chi connectivity index (χ1n) is 7.50. The summed E-state index contributed by atoms with van der Waals surface area (Å²) in [5.74, 6) is 1.14. The van der Waals surface area contributed by atoms with Crippen LogP contribution in [0, 0.1) is 0 Å². The molecular weight excluding hydrogens is 284 g/mol. The van der Waals surface area contributed by atoms with Crippen molar-refractivity contribution in [1.82, 2.24) is 30.3 Å². The summed E-state index contributed by atoms with van der Waals surface area (Å²) < 4.78 is 5.42. The maximum atomic E-state index is 12.8. The van der Waals surface area contributed by atoms with Crippen LogP contribution in [0.15, 0.2) is 12.4 Å². The van der Waals surface area contributed by atoms with Gasteiger partial charge in [-0.15, -0.1) is 0 Å². The molecule has 116 valence electrons. The first-order valence-corrected chi connectivity index (χ1v) is 7.50. The number of hydrogen-bond acceptors (Lipinski definition) is 5. The number of carbonyl (C=O) groups is 1. The second kappa shape index (κ2) is 5.20. The number of aromatic amines is 2. The Morgan fingerprint density at radius 1 is 1.41 bits per heavy atom. The molecule has 1 amide bonds. The van der Waals surface area contributed by atoms with Crippen molar-refractivity contribution >= 4 is 5.91 Å². The molecule has 0 bridgehead atoms. The number of rotatable bonds is 4. The summed E-state index contributed by atoms with van der Waals surface area (Å²) in [6.45, 7) is 0.534. The Bertz CT molecular complexity index is 663. The highest BCUT2D eigenvalue weighted by molar-refractivity contribution is 5.93. The topological polar surface area (TPSA) is 99.8 Å². The summed E-state index contributed by atoms with van der Waals surface area (Å²) >= 11 is 0. The van der Waals surface area contributed by atoms with Gasteiger partial charge in [-0.3, -0.25) is 15.0 Å². The highest BCUT2D eigenvalue weighted by Gasteiger charge is 2.39. The Balaban J connectivity index is 1.58. The summed E-state index contributed by atoms with van der Waals surface area (Å²) in [4.78, 5) is 18.8. The second-order valence-electron chi connectivity index (χ2n) is 5.92. The van der Waals surface area contributed by atoms with Crippen molar-refractivity contribution in [2.24, 2.45) is 0 Å². The van der Waals surface area contributed by atoms with Gasteiger partial charge in [-0.05, 0) is 18.9 Å². The second-order valence-corrected chi connectivity index (χ2v) is 5.92. The quantitative estimate of drug-likeness (QED) is 0.878. The van der Waals surface area contributed by atoms with Crippen molar-refractivity contribution in [3.63, 3.8) is 0 Å². The number of carbonyl (C=O) groups excluding carboxylic acids is 1. The van der Waals surface area contributed by atoms with E-state index in [1.54, 1.807) is 12.0 Å². The lowest BCUT2D eigenvalue weighted by Crippen LogP contribution is -2.32. The van der Waals surface area contributed by atoms with Gasteiger partial charge in [0.15, 0.2) is 0 Å². The van der Waals surface area contributed by atoms with Gasteiger partial charge < -0.3 is 9.64 Å². The molecular formula is C14H18N6O2. The van der Waals surface area contributed by atoms with Crippen molar-refractivity contribution in [2.75, 3.05) is 13.7 Å². The Kier molecular flexibility index (Phi) is 3.18. The van der Waals surface area contributed by atoms with E-state index in [1.807, 2.05) is 6.07 Å². The Morgan fingerprint density at radius 3 is 2.95 bits per heavy atom. The van der Waals surface area contributed by atoms with Gasteiger partial charge in [0.05, 0.1) is 12.1 Å². The number of methoxy groups -OCH3 is 1. The third-order valence-electron chi connectivity index (χ3n) is 4.44. The molecule has 22 heavy (non-hydrogen) atoms. The summed E-state index contributed by atoms with van der Waals surface area (Å²) in [5.41, 5.74) is 1.52. The summed E-state index contributed by atoms with van der Waals surface area (Å²) in [7, 11) is 1.66. The van der Waals surface area contributed by atoms with Gasteiger partial charge in [-0.2, -0.15) is 10.2 Å². The van der Waals surface area contributed by atoms with E-state index in [4.69, 9.17) is 4.74 Å². The molecule has 8 heteroatoms. The summed E-state index contributed by atoms with van der Waals surface area (Å²) in [6.07, 6.45) is 4.51. The predicted molar refractivity (Wildman–Crippen MR) is 76.1 cm³/mol. The van der Waals surface area contributed by atoms with E-state index in [2.05, 4.69) is 25.4 Å². The molecule has 1 saturated carbocycles. The van der Waals surface area contributed by atoms with E-state index in [0.29, 0.717) is 30.4 Å². The fourth-order valence-corrected chi connectivity index (χ4v) is 3.02. The molecule has 2 aromatic heterocycles. The van der Waals surface area contributed by atoms with Crippen molar-refractivity contribution in [3.05, 3.63) is 29.6 Å². The minimum absolute atomic E-state index is 0.000828. The van der Waals surface area contributed by atoms with Crippen LogP contribution in [0.3, 0.4) is 0 Å². The normalized spacial score (nSPS) is 24.9. The first-order chi connectivity index (χ1) is 10.8. The van der Waals surface area contributed by atoms with Crippen molar-refractivity contribution in [2.45, 2.75) is 37.3 Å². The Hall–Kier alpha value is -2.22. The van der Waals surface area contributed by atoms with E-state index in [1.165, 1.54) is 19.2 Å². The molecule has 2 atom stereocenters. The molecule has 2 N–H and O–H groups in total. The van der Waals surface area contributed by atoms with Crippen LogP contribution < -0.4 is 0 Å². The summed E-state index contributed by atoms with van der Waals surface area (Å²) in [5, 5.41) is 13.9. The third kappa shape index (κ3) is 2.29. The fraction of sp³-hybridized carbons (Fsp3) is 0.571. The average molecular weight is 302 g/mol. The van der Waals surface area contributed by atoms with Crippen LogP contribution in [0.4, 0.5) is 0 Å². The molecule has 0 aromatic carbocycles. The maximum Gasteiger partial charge on any atom is 0.275 e. The number of nitrogens with zero attached hydrogens (tertiary/aromatic N) is 4.